The zero-order valence-electron chi connectivity index (χ0n) is 17.6. The van der Waals surface area contributed by atoms with Crippen molar-refractivity contribution >= 4 is 28.3 Å². The monoisotopic (exact) mass is 450 g/mol. The highest BCUT2D eigenvalue weighted by Crippen LogP contribution is 2.37. The predicted octanol–water partition coefficient (Wildman–Crippen LogP) is 3.01. The van der Waals surface area contributed by atoms with Gasteiger partial charge in [-0.2, -0.15) is 5.26 Å². The van der Waals surface area contributed by atoms with Crippen molar-refractivity contribution in [3.8, 4) is 6.07 Å². The van der Waals surface area contributed by atoms with E-state index in [9.17, 15) is 14.9 Å². The van der Waals surface area contributed by atoms with E-state index in [0.29, 0.717) is 36.5 Å². The number of anilines is 1. The van der Waals surface area contributed by atoms with E-state index in [1.54, 1.807) is 28.2 Å². The molecule has 10 heteroatoms. The van der Waals surface area contributed by atoms with Gasteiger partial charge in [0, 0.05) is 36.8 Å². The standard InChI is InChI=1S/C22H22N6O3S/c1-27-14-24-11-16(27)13-31-22(30)28-9-7-17-18(10-23)21(32-19(17)12-28)26-20(29)6-5-15-4-2-3-8-25-15/h2-4,8,11,14H,5-7,9,12-13H2,1H3,(H,26,29). The lowest BCUT2D eigenvalue weighted by atomic mass is 10.0. The van der Waals surface area contributed by atoms with Gasteiger partial charge < -0.3 is 19.5 Å². The van der Waals surface area contributed by atoms with Gasteiger partial charge in [-0.25, -0.2) is 9.78 Å². The van der Waals surface area contributed by atoms with E-state index in [0.717, 1.165) is 21.8 Å². The van der Waals surface area contributed by atoms with Gasteiger partial charge in [-0.05, 0) is 30.5 Å². The third-order valence-electron chi connectivity index (χ3n) is 5.27. The van der Waals surface area contributed by atoms with Gasteiger partial charge in [0.05, 0.1) is 30.3 Å². The molecule has 0 saturated carbocycles. The molecular formula is C22H22N6O3S. The first kappa shape index (κ1) is 21.5. The van der Waals surface area contributed by atoms with E-state index < -0.39 is 6.09 Å². The second kappa shape index (κ2) is 9.62. The summed E-state index contributed by atoms with van der Waals surface area (Å²) < 4.78 is 7.21. The van der Waals surface area contributed by atoms with Crippen molar-refractivity contribution in [3.63, 3.8) is 0 Å². The molecule has 1 aliphatic rings. The van der Waals surface area contributed by atoms with Crippen LogP contribution in [0.1, 0.15) is 33.8 Å². The molecule has 0 fully saturated rings. The highest BCUT2D eigenvalue weighted by molar-refractivity contribution is 7.16. The van der Waals surface area contributed by atoms with Crippen LogP contribution in [0.2, 0.25) is 0 Å². The molecule has 164 valence electrons. The third-order valence-corrected chi connectivity index (χ3v) is 6.41. The molecule has 9 nitrogen and oxygen atoms in total. The number of carbonyl (C=O) groups excluding carboxylic acids is 2. The smallest absolute Gasteiger partial charge is 0.410 e. The number of aryl methyl sites for hydroxylation is 2. The molecule has 32 heavy (non-hydrogen) atoms. The Bertz CT molecular complexity index is 1160. The van der Waals surface area contributed by atoms with Gasteiger partial charge in [0.2, 0.25) is 5.91 Å². The number of nitrogens with zero attached hydrogens (tertiary/aromatic N) is 5. The maximum atomic E-state index is 12.5. The quantitative estimate of drug-likeness (QED) is 0.618. The maximum Gasteiger partial charge on any atom is 0.410 e. The maximum absolute atomic E-state index is 12.5. The van der Waals surface area contributed by atoms with Crippen molar-refractivity contribution in [3.05, 3.63) is 64.3 Å². The summed E-state index contributed by atoms with van der Waals surface area (Å²) in [6.45, 7) is 0.947. The number of hydrogen-bond acceptors (Lipinski definition) is 7. The van der Waals surface area contributed by atoms with Crippen LogP contribution >= 0.6 is 11.3 Å². The van der Waals surface area contributed by atoms with E-state index in [-0.39, 0.29) is 18.9 Å². The molecule has 2 amide bonds. The molecule has 3 aromatic rings. The fourth-order valence-electron chi connectivity index (χ4n) is 3.49. The number of imidazole rings is 1. The summed E-state index contributed by atoms with van der Waals surface area (Å²) in [5.41, 5.74) is 3.02. The fourth-order valence-corrected chi connectivity index (χ4v) is 4.72. The normalized spacial score (nSPS) is 12.7. The van der Waals surface area contributed by atoms with Gasteiger partial charge in [0.15, 0.2) is 0 Å². The van der Waals surface area contributed by atoms with Gasteiger partial charge >= 0.3 is 6.09 Å². The van der Waals surface area contributed by atoms with Crippen LogP contribution in [0.25, 0.3) is 0 Å². The Morgan fingerprint density at radius 3 is 2.97 bits per heavy atom. The number of fused-ring (bicyclic) bond motifs is 1. The average Bonchev–Trinajstić information content (AvgIpc) is 3.38. The van der Waals surface area contributed by atoms with Crippen LogP contribution in [0.4, 0.5) is 9.80 Å². The molecule has 0 bridgehead atoms. The largest absolute Gasteiger partial charge is 0.443 e. The molecule has 4 rings (SSSR count). The van der Waals surface area contributed by atoms with E-state index in [1.165, 1.54) is 11.3 Å². The Balaban J connectivity index is 1.37. The van der Waals surface area contributed by atoms with Crippen molar-refractivity contribution in [1.29, 1.82) is 5.26 Å². The summed E-state index contributed by atoms with van der Waals surface area (Å²) in [5.74, 6) is -0.168. The number of hydrogen-bond donors (Lipinski definition) is 1. The minimum atomic E-state index is -0.412. The molecule has 0 atom stereocenters. The summed E-state index contributed by atoms with van der Waals surface area (Å²) >= 11 is 1.34. The first-order valence-electron chi connectivity index (χ1n) is 10.2. The molecule has 3 aromatic heterocycles. The Morgan fingerprint density at radius 1 is 1.38 bits per heavy atom. The van der Waals surface area contributed by atoms with Gasteiger partial charge in [-0.3, -0.25) is 9.78 Å². The van der Waals surface area contributed by atoms with Crippen LogP contribution in [0.3, 0.4) is 0 Å². The molecule has 0 aromatic carbocycles. The second-order valence-corrected chi connectivity index (χ2v) is 8.52. The van der Waals surface area contributed by atoms with Crippen molar-refractivity contribution < 1.29 is 14.3 Å². The lowest BCUT2D eigenvalue weighted by molar-refractivity contribution is -0.116. The lowest BCUT2D eigenvalue weighted by Gasteiger charge is -2.26. The molecule has 1 N–H and O–H groups in total. The Morgan fingerprint density at radius 2 is 2.25 bits per heavy atom. The topological polar surface area (TPSA) is 113 Å². The summed E-state index contributed by atoms with van der Waals surface area (Å²) in [6, 6.07) is 7.80. The number of nitrogens with one attached hydrogen (secondary N) is 1. The first-order chi connectivity index (χ1) is 15.5. The number of rotatable bonds is 6. The molecule has 0 spiro atoms. The summed E-state index contributed by atoms with van der Waals surface area (Å²) in [7, 11) is 1.84. The molecule has 1 aliphatic heterocycles. The van der Waals surface area contributed by atoms with Crippen LogP contribution in [0.15, 0.2) is 36.9 Å². The van der Waals surface area contributed by atoms with Crippen LogP contribution in [0.5, 0.6) is 0 Å². The van der Waals surface area contributed by atoms with E-state index >= 15 is 0 Å². The van der Waals surface area contributed by atoms with Crippen LogP contribution in [-0.4, -0.2) is 38.0 Å². The van der Waals surface area contributed by atoms with Crippen molar-refractivity contribution in [2.45, 2.75) is 32.4 Å². The van der Waals surface area contributed by atoms with E-state index in [2.05, 4.69) is 21.4 Å². The first-order valence-corrected chi connectivity index (χ1v) is 11.0. The Kier molecular flexibility index (Phi) is 6.47. The molecule has 0 saturated heterocycles. The highest BCUT2D eigenvalue weighted by Gasteiger charge is 2.28. The minimum absolute atomic E-state index is 0.143. The summed E-state index contributed by atoms with van der Waals surface area (Å²) in [4.78, 5) is 35.7. The molecule has 0 aliphatic carbocycles. The molecule has 4 heterocycles. The van der Waals surface area contributed by atoms with Crippen molar-refractivity contribution in [2.24, 2.45) is 7.05 Å². The van der Waals surface area contributed by atoms with Crippen LogP contribution in [0, 0.1) is 11.3 Å². The van der Waals surface area contributed by atoms with Crippen molar-refractivity contribution in [1.82, 2.24) is 19.4 Å². The van der Waals surface area contributed by atoms with Gasteiger partial charge in [-0.15, -0.1) is 11.3 Å². The zero-order chi connectivity index (χ0) is 22.5. The number of aromatic nitrogens is 3. The number of ether oxygens (including phenoxy) is 1. The Labute approximate surface area is 189 Å². The second-order valence-electron chi connectivity index (χ2n) is 7.41. The minimum Gasteiger partial charge on any atom is -0.443 e. The number of nitriles is 1. The van der Waals surface area contributed by atoms with E-state index in [1.807, 2.05) is 25.2 Å². The SMILES string of the molecule is Cn1cncc1COC(=O)N1CCc2c(sc(NC(=O)CCc3ccccn3)c2C#N)C1. The Hall–Kier alpha value is -3.71. The fraction of sp³-hybridized carbons (Fsp3) is 0.318. The summed E-state index contributed by atoms with van der Waals surface area (Å²) in [5, 5.41) is 13.1. The third kappa shape index (κ3) is 4.78. The van der Waals surface area contributed by atoms with E-state index in [4.69, 9.17) is 4.74 Å². The highest BCUT2D eigenvalue weighted by atomic mass is 32.1. The van der Waals surface area contributed by atoms with Crippen LogP contribution < -0.4 is 5.32 Å². The molecule has 0 unspecified atom stereocenters. The number of thiophene rings is 1. The number of pyridine rings is 1. The predicted molar refractivity (Wildman–Crippen MR) is 118 cm³/mol. The zero-order valence-corrected chi connectivity index (χ0v) is 18.4. The molecular weight excluding hydrogens is 428 g/mol. The average molecular weight is 451 g/mol. The van der Waals surface area contributed by atoms with Crippen LogP contribution in [-0.2, 0) is 42.6 Å². The molecule has 0 radical (unpaired) electrons. The van der Waals surface area contributed by atoms with Gasteiger partial charge in [-0.1, -0.05) is 6.07 Å². The lowest BCUT2D eigenvalue weighted by Crippen LogP contribution is -2.35. The number of amides is 2. The number of carbonyl (C=O) groups is 2. The van der Waals surface area contributed by atoms with Crippen molar-refractivity contribution in [2.75, 3.05) is 11.9 Å². The summed E-state index contributed by atoms with van der Waals surface area (Å²) in [6.07, 6.45) is 5.93. The van der Waals surface area contributed by atoms with Gasteiger partial charge in [0.1, 0.15) is 17.7 Å². The van der Waals surface area contributed by atoms with Gasteiger partial charge in [0.25, 0.3) is 0 Å².